The van der Waals surface area contributed by atoms with Crippen molar-refractivity contribution in [3.8, 4) is 5.75 Å². The van der Waals surface area contributed by atoms with E-state index in [4.69, 9.17) is 16.3 Å². The first kappa shape index (κ1) is 15.2. The predicted molar refractivity (Wildman–Crippen MR) is 91.9 cm³/mol. The highest BCUT2D eigenvalue weighted by atomic mass is 35.5. The normalized spacial score (nSPS) is 15.8. The summed E-state index contributed by atoms with van der Waals surface area (Å²) in [7, 11) is 1.73. The largest absolute Gasteiger partial charge is 0.495 e. The molecule has 0 aromatic heterocycles. The molecule has 0 N–H and O–H groups in total. The van der Waals surface area contributed by atoms with Gasteiger partial charge in [0.2, 0.25) is 0 Å². The van der Waals surface area contributed by atoms with Crippen LogP contribution in [0.1, 0.15) is 5.56 Å². The molecule has 0 bridgehead atoms. The van der Waals surface area contributed by atoms with Gasteiger partial charge in [-0.3, -0.25) is 4.90 Å². The van der Waals surface area contributed by atoms with Gasteiger partial charge in [-0.05, 0) is 23.8 Å². The first-order chi connectivity index (χ1) is 10.8. The van der Waals surface area contributed by atoms with Crippen molar-refractivity contribution in [1.29, 1.82) is 0 Å². The molecule has 0 spiro atoms. The Morgan fingerprint density at radius 2 is 1.64 bits per heavy atom. The maximum atomic E-state index is 6.25. The Hall–Kier alpha value is -1.71. The third-order valence-electron chi connectivity index (χ3n) is 4.15. The van der Waals surface area contributed by atoms with E-state index in [0.29, 0.717) is 0 Å². The highest BCUT2D eigenvalue weighted by Crippen LogP contribution is 2.28. The Bertz CT molecular complexity index is 624. The molecule has 1 fully saturated rings. The summed E-state index contributed by atoms with van der Waals surface area (Å²) < 4.78 is 5.46. The van der Waals surface area contributed by atoms with E-state index in [2.05, 4.69) is 28.0 Å². The van der Waals surface area contributed by atoms with Crippen molar-refractivity contribution in [1.82, 2.24) is 4.90 Å². The molecule has 3 rings (SSSR count). The van der Waals surface area contributed by atoms with Gasteiger partial charge in [-0.15, -0.1) is 0 Å². The fourth-order valence-corrected chi connectivity index (χ4v) is 3.10. The van der Waals surface area contributed by atoms with Gasteiger partial charge in [0.1, 0.15) is 5.75 Å². The minimum atomic E-state index is 0.856. The molecule has 0 atom stereocenters. The Balaban J connectivity index is 1.62. The molecule has 1 saturated heterocycles. The standard InChI is InChI=1S/C18H21ClN2O/c1-22-18-9-5-4-8-17(18)21-12-10-20(11-13-21)14-15-6-2-3-7-16(15)19/h2-9H,10-14H2,1H3. The fraction of sp³-hybridized carbons (Fsp3) is 0.333. The van der Waals surface area contributed by atoms with Gasteiger partial charge in [0.25, 0.3) is 0 Å². The van der Waals surface area contributed by atoms with Crippen LogP contribution in [0, 0.1) is 0 Å². The Labute approximate surface area is 137 Å². The number of ether oxygens (including phenoxy) is 1. The van der Waals surface area contributed by atoms with E-state index in [1.807, 2.05) is 30.3 Å². The maximum Gasteiger partial charge on any atom is 0.142 e. The molecular formula is C18H21ClN2O. The second-order valence-electron chi connectivity index (χ2n) is 5.53. The van der Waals surface area contributed by atoms with Crippen molar-refractivity contribution in [3.63, 3.8) is 0 Å². The van der Waals surface area contributed by atoms with Gasteiger partial charge in [0.05, 0.1) is 12.8 Å². The summed E-state index contributed by atoms with van der Waals surface area (Å²) in [6.45, 7) is 4.99. The van der Waals surface area contributed by atoms with Crippen LogP contribution in [0.5, 0.6) is 5.75 Å². The molecule has 1 heterocycles. The zero-order valence-corrected chi connectivity index (χ0v) is 13.6. The molecular weight excluding hydrogens is 296 g/mol. The van der Waals surface area contributed by atoms with Crippen molar-refractivity contribution in [2.75, 3.05) is 38.2 Å². The van der Waals surface area contributed by atoms with Gasteiger partial charge < -0.3 is 9.64 Å². The van der Waals surface area contributed by atoms with E-state index in [0.717, 1.165) is 43.5 Å². The topological polar surface area (TPSA) is 15.7 Å². The van der Waals surface area contributed by atoms with Crippen LogP contribution in [0.3, 0.4) is 0 Å². The number of benzene rings is 2. The molecule has 0 unspecified atom stereocenters. The van der Waals surface area contributed by atoms with E-state index in [-0.39, 0.29) is 0 Å². The minimum absolute atomic E-state index is 0.856. The van der Waals surface area contributed by atoms with Gasteiger partial charge in [0, 0.05) is 37.7 Å². The third-order valence-corrected chi connectivity index (χ3v) is 4.52. The lowest BCUT2D eigenvalue weighted by atomic mass is 10.2. The maximum absolute atomic E-state index is 6.25. The second kappa shape index (κ2) is 7.03. The van der Waals surface area contributed by atoms with Crippen molar-refractivity contribution in [2.24, 2.45) is 0 Å². The molecule has 2 aromatic carbocycles. The lowest BCUT2D eigenvalue weighted by Gasteiger charge is -2.36. The van der Waals surface area contributed by atoms with Gasteiger partial charge in [-0.25, -0.2) is 0 Å². The predicted octanol–water partition coefficient (Wildman–Crippen LogP) is 3.67. The number of piperazine rings is 1. The number of para-hydroxylation sites is 2. The molecule has 0 radical (unpaired) electrons. The van der Waals surface area contributed by atoms with E-state index < -0.39 is 0 Å². The average molecular weight is 317 g/mol. The third kappa shape index (κ3) is 3.37. The Morgan fingerprint density at radius 3 is 2.36 bits per heavy atom. The number of hydrogen-bond donors (Lipinski definition) is 0. The van der Waals surface area contributed by atoms with Gasteiger partial charge in [-0.1, -0.05) is 41.9 Å². The summed E-state index contributed by atoms with van der Waals surface area (Å²) in [4.78, 5) is 4.84. The van der Waals surface area contributed by atoms with Gasteiger partial charge in [-0.2, -0.15) is 0 Å². The average Bonchev–Trinajstić information content (AvgIpc) is 2.58. The SMILES string of the molecule is COc1ccccc1N1CCN(Cc2ccccc2Cl)CC1. The smallest absolute Gasteiger partial charge is 0.142 e. The summed E-state index contributed by atoms with van der Waals surface area (Å²) in [5, 5.41) is 0.856. The van der Waals surface area contributed by atoms with Crippen LogP contribution in [0.4, 0.5) is 5.69 Å². The van der Waals surface area contributed by atoms with Gasteiger partial charge >= 0.3 is 0 Å². The van der Waals surface area contributed by atoms with Crippen LogP contribution in [0.15, 0.2) is 48.5 Å². The first-order valence-electron chi connectivity index (χ1n) is 7.61. The number of nitrogens with zero attached hydrogens (tertiary/aromatic N) is 2. The number of methoxy groups -OCH3 is 1. The van der Waals surface area contributed by atoms with Crippen LogP contribution >= 0.6 is 11.6 Å². The highest BCUT2D eigenvalue weighted by molar-refractivity contribution is 6.31. The highest BCUT2D eigenvalue weighted by Gasteiger charge is 2.19. The van der Waals surface area contributed by atoms with E-state index >= 15 is 0 Å². The van der Waals surface area contributed by atoms with E-state index in [1.165, 1.54) is 11.3 Å². The molecule has 0 amide bonds. The second-order valence-corrected chi connectivity index (χ2v) is 5.93. The molecule has 2 aromatic rings. The van der Waals surface area contributed by atoms with Crippen molar-refractivity contribution < 1.29 is 4.74 Å². The quantitative estimate of drug-likeness (QED) is 0.856. The molecule has 1 aliphatic rings. The van der Waals surface area contributed by atoms with Crippen LogP contribution in [-0.2, 0) is 6.54 Å². The molecule has 3 nitrogen and oxygen atoms in total. The fourth-order valence-electron chi connectivity index (χ4n) is 2.91. The molecule has 0 aliphatic carbocycles. The number of anilines is 1. The monoisotopic (exact) mass is 316 g/mol. The van der Waals surface area contributed by atoms with Crippen LogP contribution in [-0.4, -0.2) is 38.2 Å². The van der Waals surface area contributed by atoms with Crippen LogP contribution in [0.25, 0.3) is 0 Å². The number of rotatable bonds is 4. The molecule has 22 heavy (non-hydrogen) atoms. The molecule has 1 aliphatic heterocycles. The first-order valence-corrected chi connectivity index (χ1v) is 7.99. The summed E-state index contributed by atoms with van der Waals surface area (Å²) in [6, 6.07) is 16.3. The lowest BCUT2D eigenvalue weighted by Crippen LogP contribution is -2.46. The summed E-state index contributed by atoms with van der Waals surface area (Å²) in [5.74, 6) is 0.946. The van der Waals surface area contributed by atoms with E-state index in [1.54, 1.807) is 7.11 Å². The van der Waals surface area contributed by atoms with Crippen molar-refractivity contribution >= 4 is 17.3 Å². The van der Waals surface area contributed by atoms with Gasteiger partial charge in [0.15, 0.2) is 0 Å². The number of halogens is 1. The molecule has 4 heteroatoms. The molecule has 0 saturated carbocycles. The number of hydrogen-bond acceptors (Lipinski definition) is 3. The summed E-state index contributed by atoms with van der Waals surface area (Å²) in [6.07, 6.45) is 0. The zero-order chi connectivity index (χ0) is 15.4. The summed E-state index contributed by atoms with van der Waals surface area (Å²) in [5.41, 5.74) is 2.39. The Morgan fingerprint density at radius 1 is 0.955 bits per heavy atom. The van der Waals surface area contributed by atoms with E-state index in [9.17, 15) is 0 Å². The zero-order valence-electron chi connectivity index (χ0n) is 12.8. The van der Waals surface area contributed by atoms with Crippen molar-refractivity contribution in [2.45, 2.75) is 6.54 Å². The molecule has 116 valence electrons. The van der Waals surface area contributed by atoms with Crippen LogP contribution < -0.4 is 9.64 Å². The van der Waals surface area contributed by atoms with Crippen molar-refractivity contribution in [3.05, 3.63) is 59.1 Å². The van der Waals surface area contributed by atoms with Crippen LogP contribution in [0.2, 0.25) is 5.02 Å². The minimum Gasteiger partial charge on any atom is -0.495 e. The summed E-state index contributed by atoms with van der Waals surface area (Å²) >= 11 is 6.25. The lowest BCUT2D eigenvalue weighted by molar-refractivity contribution is 0.249. The Kier molecular flexibility index (Phi) is 4.86.